The van der Waals surface area contributed by atoms with Gasteiger partial charge in [0.15, 0.2) is 0 Å². The van der Waals surface area contributed by atoms with Crippen LogP contribution in [0.4, 0.5) is 5.69 Å². The first-order chi connectivity index (χ1) is 6.93. The second-order valence-corrected chi connectivity index (χ2v) is 4.62. The Bertz CT molecular complexity index is 358. The molecule has 0 fully saturated rings. The zero-order chi connectivity index (χ0) is 11.5. The van der Waals surface area contributed by atoms with Gasteiger partial charge in [-0.05, 0) is 38.3 Å². The highest BCUT2D eigenvalue weighted by atomic mass is 32.2. The van der Waals surface area contributed by atoms with Gasteiger partial charge in [-0.15, -0.1) is 11.8 Å². The van der Waals surface area contributed by atoms with Crippen LogP contribution in [-0.4, -0.2) is 22.9 Å². The summed E-state index contributed by atoms with van der Waals surface area (Å²) >= 11 is 1.60. The Morgan fingerprint density at radius 1 is 1.47 bits per heavy atom. The molecule has 15 heavy (non-hydrogen) atoms. The molecule has 0 aliphatic heterocycles. The average Bonchev–Trinajstić information content (AvgIpc) is 2.16. The fraction of sp³-hybridized carbons (Fsp3) is 0.364. The summed E-state index contributed by atoms with van der Waals surface area (Å²) in [4.78, 5) is 12.5. The Balaban J connectivity index is 2.77. The van der Waals surface area contributed by atoms with Crippen LogP contribution in [0.25, 0.3) is 0 Å². The van der Waals surface area contributed by atoms with E-state index in [0.717, 1.165) is 4.90 Å². The Hall–Kier alpha value is -1.00. The van der Waals surface area contributed by atoms with Crippen LogP contribution in [0.1, 0.15) is 13.8 Å². The molecular weight excluding hydrogens is 210 g/mol. The van der Waals surface area contributed by atoms with Gasteiger partial charge in [0, 0.05) is 10.6 Å². The van der Waals surface area contributed by atoms with Crippen LogP contribution in [0.5, 0.6) is 0 Å². The van der Waals surface area contributed by atoms with E-state index in [9.17, 15) is 9.90 Å². The lowest BCUT2D eigenvalue weighted by Crippen LogP contribution is -2.36. The smallest absolute Gasteiger partial charge is 0.255 e. The molecule has 0 atom stereocenters. The molecule has 0 spiro atoms. The van der Waals surface area contributed by atoms with E-state index in [1.54, 1.807) is 17.8 Å². The molecule has 0 aliphatic carbocycles. The third kappa shape index (κ3) is 3.57. The molecule has 82 valence electrons. The van der Waals surface area contributed by atoms with Crippen LogP contribution in [-0.2, 0) is 4.79 Å². The molecule has 0 aromatic heterocycles. The van der Waals surface area contributed by atoms with Gasteiger partial charge in [0.2, 0.25) is 0 Å². The van der Waals surface area contributed by atoms with E-state index in [1.165, 1.54) is 13.8 Å². The van der Waals surface area contributed by atoms with E-state index in [1.807, 2.05) is 24.5 Å². The lowest BCUT2D eigenvalue weighted by molar-refractivity contribution is -0.130. The van der Waals surface area contributed by atoms with Crippen LogP contribution in [0, 0.1) is 0 Å². The topological polar surface area (TPSA) is 49.3 Å². The van der Waals surface area contributed by atoms with Crippen molar-refractivity contribution in [1.29, 1.82) is 0 Å². The molecule has 3 nitrogen and oxygen atoms in total. The predicted octanol–water partition coefficient (Wildman–Crippen LogP) is 2.12. The van der Waals surface area contributed by atoms with Crippen LogP contribution >= 0.6 is 11.8 Å². The molecule has 0 saturated carbocycles. The van der Waals surface area contributed by atoms with Gasteiger partial charge in [-0.3, -0.25) is 4.79 Å². The van der Waals surface area contributed by atoms with Gasteiger partial charge in [-0.2, -0.15) is 0 Å². The van der Waals surface area contributed by atoms with Gasteiger partial charge < -0.3 is 10.4 Å². The Kier molecular flexibility index (Phi) is 3.77. The number of thioether (sulfide) groups is 1. The maximum atomic E-state index is 11.5. The summed E-state index contributed by atoms with van der Waals surface area (Å²) in [5, 5.41) is 12.1. The Labute approximate surface area is 93.9 Å². The summed E-state index contributed by atoms with van der Waals surface area (Å²) in [6, 6.07) is 7.49. The fourth-order valence-electron chi connectivity index (χ4n) is 0.985. The number of anilines is 1. The van der Waals surface area contributed by atoms with Crippen LogP contribution in [0.15, 0.2) is 29.2 Å². The minimum atomic E-state index is -1.35. The van der Waals surface area contributed by atoms with Crippen LogP contribution < -0.4 is 5.32 Å². The normalized spacial score (nSPS) is 11.2. The van der Waals surface area contributed by atoms with Crippen molar-refractivity contribution in [2.75, 3.05) is 11.6 Å². The van der Waals surface area contributed by atoms with Gasteiger partial charge in [-0.25, -0.2) is 0 Å². The number of benzene rings is 1. The first kappa shape index (κ1) is 12.1. The van der Waals surface area contributed by atoms with E-state index < -0.39 is 11.5 Å². The third-order valence-corrected chi connectivity index (χ3v) is 2.61. The highest BCUT2D eigenvalue weighted by molar-refractivity contribution is 7.98. The Morgan fingerprint density at radius 2 is 2.13 bits per heavy atom. The molecule has 4 heteroatoms. The zero-order valence-electron chi connectivity index (χ0n) is 9.07. The van der Waals surface area contributed by atoms with E-state index in [0.29, 0.717) is 5.69 Å². The molecular formula is C11H15NO2S. The minimum absolute atomic E-state index is 0.402. The molecule has 0 aliphatic rings. The SMILES string of the molecule is CSc1cccc(NC(=O)C(C)(C)O)c1. The average molecular weight is 225 g/mol. The first-order valence-corrected chi connectivity index (χ1v) is 5.84. The number of carbonyl (C=O) groups excluding carboxylic acids is 1. The van der Waals surface area contributed by atoms with Gasteiger partial charge >= 0.3 is 0 Å². The molecule has 0 unspecified atom stereocenters. The summed E-state index contributed by atoms with van der Waals surface area (Å²) in [7, 11) is 0. The van der Waals surface area contributed by atoms with E-state index in [2.05, 4.69) is 5.32 Å². The van der Waals surface area contributed by atoms with Crippen molar-refractivity contribution in [3.05, 3.63) is 24.3 Å². The highest BCUT2D eigenvalue weighted by Crippen LogP contribution is 2.19. The van der Waals surface area contributed by atoms with Gasteiger partial charge in [-0.1, -0.05) is 6.07 Å². The van der Waals surface area contributed by atoms with E-state index in [-0.39, 0.29) is 0 Å². The Morgan fingerprint density at radius 3 is 2.67 bits per heavy atom. The lowest BCUT2D eigenvalue weighted by atomic mass is 10.1. The van der Waals surface area contributed by atoms with Crippen molar-refractivity contribution in [3.63, 3.8) is 0 Å². The highest BCUT2D eigenvalue weighted by Gasteiger charge is 2.23. The van der Waals surface area contributed by atoms with Crippen molar-refractivity contribution in [1.82, 2.24) is 0 Å². The summed E-state index contributed by atoms with van der Waals surface area (Å²) in [5.41, 5.74) is -0.649. The first-order valence-electron chi connectivity index (χ1n) is 4.61. The number of carbonyl (C=O) groups is 1. The molecule has 1 amide bonds. The van der Waals surface area contributed by atoms with Gasteiger partial charge in [0.05, 0.1) is 0 Å². The maximum absolute atomic E-state index is 11.5. The number of hydrogen-bond donors (Lipinski definition) is 2. The third-order valence-electron chi connectivity index (χ3n) is 1.88. The molecule has 0 saturated heterocycles. The fourth-order valence-corrected chi connectivity index (χ4v) is 1.44. The summed E-state index contributed by atoms with van der Waals surface area (Å²) < 4.78 is 0. The number of amides is 1. The quantitative estimate of drug-likeness (QED) is 0.775. The summed E-state index contributed by atoms with van der Waals surface area (Å²) in [6.07, 6.45) is 1.97. The molecule has 2 N–H and O–H groups in total. The van der Waals surface area contributed by atoms with Crippen molar-refractivity contribution >= 4 is 23.4 Å². The predicted molar refractivity (Wildman–Crippen MR) is 63.2 cm³/mol. The van der Waals surface area contributed by atoms with Crippen LogP contribution in [0.3, 0.4) is 0 Å². The van der Waals surface area contributed by atoms with Gasteiger partial charge in [0.25, 0.3) is 5.91 Å². The van der Waals surface area contributed by atoms with Crippen molar-refractivity contribution in [2.45, 2.75) is 24.3 Å². The maximum Gasteiger partial charge on any atom is 0.255 e. The second-order valence-electron chi connectivity index (χ2n) is 3.75. The number of rotatable bonds is 3. The number of hydrogen-bond acceptors (Lipinski definition) is 3. The molecule has 1 aromatic rings. The minimum Gasteiger partial charge on any atom is -0.381 e. The zero-order valence-corrected chi connectivity index (χ0v) is 9.89. The van der Waals surface area contributed by atoms with Crippen molar-refractivity contribution in [2.24, 2.45) is 0 Å². The van der Waals surface area contributed by atoms with E-state index >= 15 is 0 Å². The summed E-state index contributed by atoms with van der Waals surface area (Å²) in [6.45, 7) is 2.92. The monoisotopic (exact) mass is 225 g/mol. The second kappa shape index (κ2) is 4.68. The standard InChI is InChI=1S/C11H15NO2S/c1-11(2,14)10(13)12-8-5-4-6-9(7-8)15-3/h4-7,14H,1-3H3,(H,12,13). The van der Waals surface area contributed by atoms with Crippen LogP contribution in [0.2, 0.25) is 0 Å². The van der Waals surface area contributed by atoms with Crippen molar-refractivity contribution < 1.29 is 9.90 Å². The number of nitrogens with one attached hydrogen (secondary N) is 1. The largest absolute Gasteiger partial charge is 0.381 e. The lowest BCUT2D eigenvalue weighted by Gasteiger charge is -2.16. The molecule has 0 radical (unpaired) electrons. The molecule has 0 bridgehead atoms. The molecule has 1 rings (SSSR count). The number of aliphatic hydroxyl groups is 1. The summed E-state index contributed by atoms with van der Waals surface area (Å²) in [5.74, 6) is -0.402. The molecule has 1 aromatic carbocycles. The molecule has 0 heterocycles. The van der Waals surface area contributed by atoms with Gasteiger partial charge in [0.1, 0.15) is 5.60 Å². The van der Waals surface area contributed by atoms with E-state index in [4.69, 9.17) is 0 Å². The van der Waals surface area contributed by atoms with Crippen molar-refractivity contribution in [3.8, 4) is 0 Å².